The van der Waals surface area contributed by atoms with Gasteiger partial charge in [0.05, 0.1) is 5.60 Å². The fourth-order valence-electron chi connectivity index (χ4n) is 2.74. The maximum Gasteiger partial charge on any atom is 0.0655 e. The molecule has 0 spiro atoms. The standard InChI is InChI=1S/C14H29NO/c1-5-9-15-13(6-2)12-8-10-16-14(4,7-3)11-12/h12-13,15H,5-11H2,1-4H3. The van der Waals surface area contributed by atoms with Crippen molar-refractivity contribution >= 4 is 0 Å². The van der Waals surface area contributed by atoms with Crippen LogP contribution in [0.1, 0.15) is 59.8 Å². The van der Waals surface area contributed by atoms with Gasteiger partial charge >= 0.3 is 0 Å². The van der Waals surface area contributed by atoms with E-state index in [-0.39, 0.29) is 5.60 Å². The van der Waals surface area contributed by atoms with Gasteiger partial charge in [0.1, 0.15) is 0 Å². The third-order valence-electron chi connectivity index (χ3n) is 4.05. The van der Waals surface area contributed by atoms with Gasteiger partial charge in [-0.25, -0.2) is 0 Å². The Bertz CT molecular complexity index is 195. The molecule has 1 aliphatic rings. The number of hydrogen-bond acceptors (Lipinski definition) is 2. The van der Waals surface area contributed by atoms with Crippen molar-refractivity contribution in [2.24, 2.45) is 5.92 Å². The molecule has 3 atom stereocenters. The molecular weight excluding hydrogens is 198 g/mol. The van der Waals surface area contributed by atoms with Crippen LogP contribution in [0, 0.1) is 5.92 Å². The molecule has 1 heterocycles. The van der Waals surface area contributed by atoms with E-state index in [1.54, 1.807) is 0 Å². The lowest BCUT2D eigenvalue weighted by molar-refractivity contribution is -0.0926. The molecule has 16 heavy (non-hydrogen) atoms. The lowest BCUT2D eigenvalue weighted by Gasteiger charge is -2.41. The maximum absolute atomic E-state index is 5.92. The molecule has 3 unspecified atom stereocenters. The normalized spacial score (nSPS) is 32.6. The Morgan fingerprint density at radius 1 is 1.38 bits per heavy atom. The van der Waals surface area contributed by atoms with Crippen LogP contribution in [0.3, 0.4) is 0 Å². The zero-order valence-corrected chi connectivity index (χ0v) is 11.5. The quantitative estimate of drug-likeness (QED) is 0.751. The smallest absolute Gasteiger partial charge is 0.0655 e. The van der Waals surface area contributed by atoms with E-state index in [1.165, 1.54) is 25.7 Å². The van der Waals surface area contributed by atoms with Crippen molar-refractivity contribution in [3.05, 3.63) is 0 Å². The predicted octanol–water partition coefficient (Wildman–Crippen LogP) is 3.36. The van der Waals surface area contributed by atoms with Crippen LogP contribution in [0.5, 0.6) is 0 Å². The van der Waals surface area contributed by atoms with Crippen LogP contribution in [0.2, 0.25) is 0 Å². The Hall–Kier alpha value is -0.0800. The minimum absolute atomic E-state index is 0.129. The van der Waals surface area contributed by atoms with Crippen LogP contribution >= 0.6 is 0 Å². The average Bonchev–Trinajstić information content (AvgIpc) is 2.30. The second-order valence-electron chi connectivity index (χ2n) is 5.37. The molecule has 1 N–H and O–H groups in total. The molecule has 0 aromatic rings. The molecule has 96 valence electrons. The summed E-state index contributed by atoms with van der Waals surface area (Å²) in [7, 11) is 0. The monoisotopic (exact) mass is 227 g/mol. The third kappa shape index (κ3) is 3.74. The summed E-state index contributed by atoms with van der Waals surface area (Å²) in [6, 6.07) is 0.690. The predicted molar refractivity (Wildman–Crippen MR) is 69.7 cm³/mol. The Morgan fingerprint density at radius 3 is 2.69 bits per heavy atom. The second kappa shape index (κ2) is 6.61. The van der Waals surface area contributed by atoms with Gasteiger partial charge < -0.3 is 10.1 Å². The molecule has 0 radical (unpaired) electrons. The Balaban J connectivity index is 2.50. The summed E-state index contributed by atoms with van der Waals surface area (Å²) in [5.74, 6) is 0.801. The van der Waals surface area contributed by atoms with Crippen LogP contribution in [-0.4, -0.2) is 24.8 Å². The average molecular weight is 227 g/mol. The molecule has 0 bridgehead atoms. The van der Waals surface area contributed by atoms with E-state index in [2.05, 4.69) is 33.0 Å². The van der Waals surface area contributed by atoms with Gasteiger partial charge in [0.15, 0.2) is 0 Å². The summed E-state index contributed by atoms with van der Waals surface area (Å²) in [5, 5.41) is 3.70. The van der Waals surface area contributed by atoms with E-state index in [0.717, 1.165) is 25.5 Å². The van der Waals surface area contributed by atoms with Crippen molar-refractivity contribution < 1.29 is 4.74 Å². The molecule has 1 saturated heterocycles. The fraction of sp³-hybridized carbons (Fsp3) is 1.00. The van der Waals surface area contributed by atoms with Crippen LogP contribution in [-0.2, 0) is 4.74 Å². The molecule has 0 aromatic carbocycles. The lowest BCUT2D eigenvalue weighted by Crippen LogP contribution is -2.45. The topological polar surface area (TPSA) is 21.3 Å². The molecule has 1 fully saturated rings. The lowest BCUT2D eigenvalue weighted by atomic mass is 9.80. The highest BCUT2D eigenvalue weighted by atomic mass is 16.5. The molecule has 0 amide bonds. The Labute approximate surface area is 101 Å². The van der Waals surface area contributed by atoms with E-state index >= 15 is 0 Å². The van der Waals surface area contributed by atoms with Gasteiger partial charge in [0, 0.05) is 12.6 Å². The van der Waals surface area contributed by atoms with Crippen molar-refractivity contribution in [1.82, 2.24) is 5.32 Å². The van der Waals surface area contributed by atoms with E-state index in [1.807, 2.05) is 0 Å². The molecule has 1 aliphatic heterocycles. The van der Waals surface area contributed by atoms with Crippen molar-refractivity contribution in [2.75, 3.05) is 13.2 Å². The highest BCUT2D eigenvalue weighted by Gasteiger charge is 2.34. The van der Waals surface area contributed by atoms with Crippen LogP contribution in [0.4, 0.5) is 0 Å². The third-order valence-corrected chi connectivity index (χ3v) is 4.05. The summed E-state index contributed by atoms with van der Waals surface area (Å²) in [6.07, 6.45) is 6.05. The fourth-order valence-corrected chi connectivity index (χ4v) is 2.74. The van der Waals surface area contributed by atoms with Crippen molar-refractivity contribution in [3.8, 4) is 0 Å². The first-order chi connectivity index (χ1) is 7.65. The van der Waals surface area contributed by atoms with Gasteiger partial charge in [-0.2, -0.15) is 0 Å². The summed E-state index contributed by atoms with van der Waals surface area (Å²) in [4.78, 5) is 0. The zero-order valence-electron chi connectivity index (χ0n) is 11.5. The minimum Gasteiger partial charge on any atom is -0.375 e. The van der Waals surface area contributed by atoms with Crippen molar-refractivity contribution in [1.29, 1.82) is 0 Å². The SMILES string of the molecule is CCCNC(CC)C1CCOC(C)(CC)C1. The van der Waals surface area contributed by atoms with E-state index in [0.29, 0.717) is 6.04 Å². The first-order valence-corrected chi connectivity index (χ1v) is 7.02. The summed E-state index contributed by atoms with van der Waals surface area (Å²) < 4.78 is 5.92. The van der Waals surface area contributed by atoms with Gasteiger partial charge in [-0.15, -0.1) is 0 Å². The van der Waals surface area contributed by atoms with Crippen LogP contribution < -0.4 is 5.32 Å². The molecule has 0 aromatic heterocycles. The number of hydrogen-bond donors (Lipinski definition) is 1. The van der Waals surface area contributed by atoms with Gasteiger partial charge in [-0.1, -0.05) is 20.8 Å². The second-order valence-corrected chi connectivity index (χ2v) is 5.37. The summed E-state index contributed by atoms with van der Waals surface area (Å²) in [6.45, 7) is 11.1. The molecule has 2 heteroatoms. The maximum atomic E-state index is 5.92. The highest BCUT2D eigenvalue weighted by Crippen LogP contribution is 2.33. The molecule has 0 aliphatic carbocycles. The minimum atomic E-state index is 0.129. The Morgan fingerprint density at radius 2 is 2.12 bits per heavy atom. The number of ether oxygens (including phenoxy) is 1. The van der Waals surface area contributed by atoms with E-state index < -0.39 is 0 Å². The largest absolute Gasteiger partial charge is 0.375 e. The number of nitrogens with one attached hydrogen (secondary N) is 1. The summed E-state index contributed by atoms with van der Waals surface area (Å²) >= 11 is 0. The van der Waals surface area contributed by atoms with Crippen molar-refractivity contribution in [3.63, 3.8) is 0 Å². The molecular formula is C14H29NO. The van der Waals surface area contributed by atoms with E-state index in [9.17, 15) is 0 Å². The van der Waals surface area contributed by atoms with Gasteiger partial charge in [0.25, 0.3) is 0 Å². The molecule has 1 rings (SSSR count). The number of rotatable bonds is 6. The zero-order chi connectivity index (χ0) is 12.0. The van der Waals surface area contributed by atoms with Crippen LogP contribution in [0.25, 0.3) is 0 Å². The van der Waals surface area contributed by atoms with Crippen molar-refractivity contribution in [2.45, 2.75) is 71.4 Å². The van der Waals surface area contributed by atoms with Gasteiger partial charge in [0.2, 0.25) is 0 Å². The van der Waals surface area contributed by atoms with E-state index in [4.69, 9.17) is 4.74 Å². The first kappa shape index (κ1) is 14.0. The first-order valence-electron chi connectivity index (χ1n) is 7.02. The summed E-state index contributed by atoms with van der Waals surface area (Å²) in [5.41, 5.74) is 0.129. The molecule has 0 saturated carbocycles. The van der Waals surface area contributed by atoms with Crippen LogP contribution in [0.15, 0.2) is 0 Å². The van der Waals surface area contributed by atoms with Gasteiger partial charge in [-0.3, -0.25) is 0 Å². The molecule has 2 nitrogen and oxygen atoms in total. The highest BCUT2D eigenvalue weighted by molar-refractivity contribution is 4.87. The van der Waals surface area contributed by atoms with Gasteiger partial charge in [-0.05, 0) is 51.5 Å². The Kier molecular flexibility index (Phi) is 5.77.